The van der Waals surface area contributed by atoms with Crippen molar-refractivity contribution in [3.63, 3.8) is 0 Å². The van der Waals surface area contributed by atoms with E-state index in [0.29, 0.717) is 13.0 Å². The highest BCUT2D eigenvalue weighted by Crippen LogP contribution is 1.96. The highest BCUT2D eigenvalue weighted by Gasteiger charge is 2.18. The van der Waals surface area contributed by atoms with Crippen molar-refractivity contribution >= 4 is 5.91 Å². The summed E-state index contributed by atoms with van der Waals surface area (Å²) in [5.41, 5.74) is 2.04. The summed E-state index contributed by atoms with van der Waals surface area (Å²) in [7, 11) is 0. The molecule has 1 rings (SSSR count). The SMILES string of the molecule is O=C1NOCCC1O. The van der Waals surface area contributed by atoms with Crippen LogP contribution in [0.5, 0.6) is 0 Å². The highest BCUT2D eigenvalue weighted by molar-refractivity contribution is 5.79. The van der Waals surface area contributed by atoms with Crippen molar-refractivity contribution in [3.8, 4) is 0 Å². The monoisotopic (exact) mass is 117 g/mol. The third-order valence-electron chi connectivity index (χ3n) is 0.969. The summed E-state index contributed by atoms with van der Waals surface area (Å²) >= 11 is 0. The van der Waals surface area contributed by atoms with Crippen LogP contribution in [-0.2, 0) is 9.63 Å². The van der Waals surface area contributed by atoms with E-state index in [0.717, 1.165) is 0 Å². The molecular formula is C4H7NO3. The van der Waals surface area contributed by atoms with E-state index >= 15 is 0 Å². The number of rotatable bonds is 0. The molecule has 4 heteroatoms. The summed E-state index contributed by atoms with van der Waals surface area (Å²) < 4.78 is 0. The van der Waals surface area contributed by atoms with E-state index < -0.39 is 12.0 Å². The molecule has 1 atom stereocenters. The Morgan fingerprint density at radius 3 is 3.00 bits per heavy atom. The Morgan fingerprint density at radius 2 is 2.62 bits per heavy atom. The first kappa shape index (κ1) is 5.53. The predicted molar refractivity (Wildman–Crippen MR) is 24.7 cm³/mol. The van der Waals surface area contributed by atoms with Gasteiger partial charge in [-0.25, -0.2) is 5.48 Å². The van der Waals surface area contributed by atoms with Crippen molar-refractivity contribution in [1.29, 1.82) is 0 Å². The summed E-state index contributed by atoms with van der Waals surface area (Å²) in [5.74, 6) is -0.448. The standard InChI is InChI=1S/C4H7NO3/c6-3-1-2-8-5-4(3)7/h3,6H,1-2H2,(H,5,7). The first-order chi connectivity index (χ1) is 3.80. The lowest BCUT2D eigenvalue weighted by molar-refractivity contribution is -0.151. The molecule has 2 N–H and O–H groups in total. The van der Waals surface area contributed by atoms with Crippen molar-refractivity contribution in [2.75, 3.05) is 6.61 Å². The summed E-state index contributed by atoms with van der Waals surface area (Å²) in [5, 5.41) is 8.69. The van der Waals surface area contributed by atoms with Crippen LogP contribution in [0, 0.1) is 0 Å². The summed E-state index contributed by atoms with van der Waals surface area (Å²) in [6.45, 7) is 0.396. The molecule has 0 saturated carbocycles. The molecule has 1 fully saturated rings. The number of nitrogens with one attached hydrogen (secondary N) is 1. The Labute approximate surface area is 46.4 Å². The van der Waals surface area contributed by atoms with E-state index in [2.05, 4.69) is 4.84 Å². The maximum absolute atomic E-state index is 10.3. The van der Waals surface area contributed by atoms with Crippen molar-refractivity contribution in [3.05, 3.63) is 0 Å². The third kappa shape index (κ3) is 0.962. The number of carbonyl (C=O) groups is 1. The quantitative estimate of drug-likeness (QED) is 0.419. The molecule has 1 saturated heterocycles. The van der Waals surface area contributed by atoms with Gasteiger partial charge >= 0.3 is 0 Å². The van der Waals surface area contributed by atoms with Gasteiger partial charge in [-0.15, -0.1) is 0 Å². The van der Waals surface area contributed by atoms with E-state index in [1.807, 2.05) is 5.48 Å². The van der Waals surface area contributed by atoms with Crippen LogP contribution >= 0.6 is 0 Å². The minimum atomic E-state index is -0.872. The van der Waals surface area contributed by atoms with E-state index in [1.165, 1.54) is 0 Å². The smallest absolute Gasteiger partial charge is 0.272 e. The van der Waals surface area contributed by atoms with Crippen LogP contribution in [-0.4, -0.2) is 23.7 Å². The maximum Gasteiger partial charge on any atom is 0.272 e. The van der Waals surface area contributed by atoms with Crippen LogP contribution < -0.4 is 5.48 Å². The van der Waals surface area contributed by atoms with Crippen LogP contribution in [0.2, 0.25) is 0 Å². The number of aliphatic hydroxyl groups is 1. The largest absolute Gasteiger partial charge is 0.383 e. The molecule has 1 heterocycles. The normalized spacial score (nSPS) is 29.6. The Kier molecular flexibility index (Phi) is 1.45. The average molecular weight is 117 g/mol. The van der Waals surface area contributed by atoms with Crippen LogP contribution in [0.15, 0.2) is 0 Å². The first-order valence-electron chi connectivity index (χ1n) is 2.40. The summed E-state index contributed by atoms with van der Waals surface area (Å²) in [6, 6.07) is 0. The van der Waals surface area contributed by atoms with Crippen LogP contribution in [0.3, 0.4) is 0 Å². The molecule has 1 unspecified atom stereocenters. The molecular weight excluding hydrogens is 110 g/mol. The third-order valence-corrected chi connectivity index (χ3v) is 0.969. The fourth-order valence-corrected chi connectivity index (χ4v) is 0.492. The lowest BCUT2D eigenvalue weighted by Gasteiger charge is -2.15. The highest BCUT2D eigenvalue weighted by atomic mass is 16.7. The first-order valence-corrected chi connectivity index (χ1v) is 2.40. The number of aliphatic hydroxyl groups excluding tert-OH is 1. The predicted octanol–water partition coefficient (Wildman–Crippen LogP) is -1.20. The van der Waals surface area contributed by atoms with Crippen molar-refractivity contribution in [2.45, 2.75) is 12.5 Å². The molecule has 1 aliphatic heterocycles. The summed E-state index contributed by atoms with van der Waals surface area (Å²) in [4.78, 5) is 14.8. The van der Waals surface area contributed by atoms with E-state index in [-0.39, 0.29) is 0 Å². The number of carbonyl (C=O) groups excluding carboxylic acids is 1. The zero-order valence-electron chi connectivity index (χ0n) is 4.26. The fourth-order valence-electron chi connectivity index (χ4n) is 0.492. The van der Waals surface area contributed by atoms with Gasteiger partial charge in [-0.1, -0.05) is 0 Å². The number of hydrogen-bond donors (Lipinski definition) is 2. The summed E-state index contributed by atoms with van der Waals surface area (Å²) in [6.07, 6.45) is -0.477. The number of amides is 1. The zero-order chi connectivity index (χ0) is 5.98. The second kappa shape index (κ2) is 2.11. The van der Waals surface area contributed by atoms with Gasteiger partial charge in [-0.3, -0.25) is 9.63 Å². The van der Waals surface area contributed by atoms with E-state index in [4.69, 9.17) is 5.11 Å². The molecule has 4 nitrogen and oxygen atoms in total. The molecule has 8 heavy (non-hydrogen) atoms. The fraction of sp³-hybridized carbons (Fsp3) is 0.750. The van der Waals surface area contributed by atoms with Crippen LogP contribution in [0.25, 0.3) is 0 Å². The topological polar surface area (TPSA) is 58.6 Å². The van der Waals surface area contributed by atoms with Gasteiger partial charge in [-0.05, 0) is 0 Å². The van der Waals surface area contributed by atoms with Gasteiger partial charge in [0.1, 0.15) is 6.10 Å². The minimum absolute atomic E-state index is 0.395. The molecule has 0 aromatic rings. The zero-order valence-corrected chi connectivity index (χ0v) is 4.26. The van der Waals surface area contributed by atoms with Gasteiger partial charge in [0.15, 0.2) is 0 Å². The molecule has 0 radical (unpaired) electrons. The Bertz CT molecular complexity index is 103. The van der Waals surface area contributed by atoms with Crippen molar-refractivity contribution in [2.24, 2.45) is 0 Å². The lowest BCUT2D eigenvalue weighted by atomic mass is 10.2. The number of hydrogen-bond acceptors (Lipinski definition) is 3. The molecule has 46 valence electrons. The van der Waals surface area contributed by atoms with Crippen molar-refractivity contribution < 1.29 is 14.7 Å². The van der Waals surface area contributed by atoms with Gasteiger partial charge in [0.25, 0.3) is 5.91 Å². The molecule has 0 bridgehead atoms. The van der Waals surface area contributed by atoms with Gasteiger partial charge in [0.2, 0.25) is 0 Å². The molecule has 0 spiro atoms. The molecule has 0 aromatic heterocycles. The van der Waals surface area contributed by atoms with Gasteiger partial charge in [-0.2, -0.15) is 0 Å². The molecule has 0 aromatic carbocycles. The Morgan fingerprint density at radius 1 is 1.88 bits per heavy atom. The minimum Gasteiger partial charge on any atom is -0.383 e. The van der Waals surface area contributed by atoms with Gasteiger partial charge in [0.05, 0.1) is 6.61 Å². The van der Waals surface area contributed by atoms with Gasteiger partial charge < -0.3 is 5.11 Å². The Balaban J connectivity index is 2.39. The molecule has 1 aliphatic rings. The van der Waals surface area contributed by atoms with Crippen LogP contribution in [0.4, 0.5) is 0 Å². The molecule has 1 amide bonds. The Hall–Kier alpha value is -0.610. The van der Waals surface area contributed by atoms with Gasteiger partial charge in [0, 0.05) is 6.42 Å². The lowest BCUT2D eigenvalue weighted by Crippen LogP contribution is -2.40. The molecule has 0 aliphatic carbocycles. The maximum atomic E-state index is 10.3. The van der Waals surface area contributed by atoms with E-state index in [9.17, 15) is 4.79 Å². The average Bonchev–Trinajstić information content (AvgIpc) is 1.77. The van der Waals surface area contributed by atoms with E-state index in [1.54, 1.807) is 0 Å². The van der Waals surface area contributed by atoms with Crippen LogP contribution in [0.1, 0.15) is 6.42 Å². The number of hydroxylamine groups is 1. The second-order valence-electron chi connectivity index (χ2n) is 1.62. The second-order valence-corrected chi connectivity index (χ2v) is 1.62. The van der Waals surface area contributed by atoms with Crippen molar-refractivity contribution in [1.82, 2.24) is 5.48 Å².